The molecule has 2 N–H and O–H groups in total. The van der Waals surface area contributed by atoms with Crippen LogP contribution < -0.4 is 20.1 Å². The highest BCUT2D eigenvalue weighted by atomic mass is 16.5. The van der Waals surface area contributed by atoms with Crippen LogP contribution in [0.3, 0.4) is 0 Å². The van der Waals surface area contributed by atoms with Crippen LogP contribution in [-0.2, 0) is 0 Å². The van der Waals surface area contributed by atoms with E-state index in [1.165, 1.54) is 0 Å². The third-order valence-corrected chi connectivity index (χ3v) is 6.80. The average molecular weight is 474 g/mol. The largest absolute Gasteiger partial charge is 0.496 e. The molecule has 0 saturated carbocycles. The van der Waals surface area contributed by atoms with Crippen molar-refractivity contribution in [3.05, 3.63) is 65.7 Å². The second-order valence-electron chi connectivity index (χ2n) is 9.28. The Labute approximate surface area is 204 Å². The van der Waals surface area contributed by atoms with E-state index in [4.69, 9.17) is 9.47 Å². The number of hydrogen-bond donors (Lipinski definition) is 2. The number of anilines is 1. The minimum absolute atomic E-state index is 0.106. The molecule has 3 aromatic rings. The molecule has 0 bridgehead atoms. The summed E-state index contributed by atoms with van der Waals surface area (Å²) in [5.74, 6) is 1.17. The fraction of sp³-hybridized carbons (Fsp3) is 0.333. The quantitative estimate of drug-likeness (QED) is 0.596. The number of benzene rings is 2. The van der Waals surface area contributed by atoms with Gasteiger partial charge in [0.15, 0.2) is 0 Å². The van der Waals surface area contributed by atoms with Crippen molar-refractivity contribution in [2.24, 2.45) is 0 Å². The molecule has 1 spiro atoms. The van der Waals surface area contributed by atoms with Gasteiger partial charge in [-0.1, -0.05) is 26.0 Å². The summed E-state index contributed by atoms with van der Waals surface area (Å²) < 4.78 is 11.0. The number of nitrogens with zero attached hydrogens (tertiary/aromatic N) is 2. The molecule has 0 aliphatic carbocycles. The van der Waals surface area contributed by atoms with E-state index in [-0.39, 0.29) is 17.5 Å². The molecule has 1 radical (unpaired) electrons. The number of hydrogen-bond acceptors (Lipinski definition) is 6. The zero-order chi connectivity index (χ0) is 24.7. The predicted octanol–water partition coefficient (Wildman–Crippen LogP) is 3.98. The number of fused-ring (bicyclic) bond motifs is 2. The van der Waals surface area contributed by atoms with Crippen LogP contribution in [0.2, 0.25) is 0 Å². The Bertz CT molecular complexity index is 1310. The van der Waals surface area contributed by atoms with Crippen molar-refractivity contribution in [2.45, 2.75) is 31.8 Å². The van der Waals surface area contributed by atoms with E-state index in [0.29, 0.717) is 48.0 Å². The number of amides is 2. The van der Waals surface area contributed by atoms with Crippen molar-refractivity contribution < 1.29 is 19.1 Å². The summed E-state index contributed by atoms with van der Waals surface area (Å²) in [7, 11) is 3.14. The fourth-order valence-electron chi connectivity index (χ4n) is 4.74. The van der Waals surface area contributed by atoms with Gasteiger partial charge in [-0.3, -0.25) is 9.59 Å². The highest BCUT2D eigenvalue weighted by molar-refractivity contribution is 6.03. The molecule has 1 atom stereocenters. The van der Waals surface area contributed by atoms with Crippen LogP contribution in [0, 0.1) is 6.42 Å². The van der Waals surface area contributed by atoms with Crippen molar-refractivity contribution in [3.8, 4) is 11.5 Å². The number of carbonyl (C=O) groups excluding carboxylic acids is 2. The van der Waals surface area contributed by atoms with Gasteiger partial charge in [0.05, 0.1) is 19.8 Å². The molecule has 8 heteroatoms. The van der Waals surface area contributed by atoms with E-state index in [1.54, 1.807) is 31.3 Å². The number of methoxy groups -OCH3 is 2. The first kappa shape index (κ1) is 23.0. The van der Waals surface area contributed by atoms with Gasteiger partial charge in [-0.15, -0.1) is 0 Å². The molecule has 3 heterocycles. The second kappa shape index (κ2) is 8.76. The summed E-state index contributed by atoms with van der Waals surface area (Å²) in [6.45, 7) is 5.03. The lowest BCUT2D eigenvalue weighted by atomic mass is 9.90. The molecule has 1 unspecified atom stereocenters. The number of aromatic nitrogens is 1. The van der Waals surface area contributed by atoms with Crippen LogP contribution in [0.1, 0.15) is 52.6 Å². The highest BCUT2D eigenvalue weighted by Gasteiger charge is 2.41. The zero-order valence-corrected chi connectivity index (χ0v) is 20.3. The van der Waals surface area contributed by atoms with Gasteiger partial charge in [0.2, 0.25) is 0 Å². The van der Waals surface area contributed by atoms with Gasteiger partial charge in [0, 0.05) is 43.1 Å². The molecule has 1 saturated heterocycles. The molecule has 2 aromatic carbocycles. The Morgan fingerprint density at radius 3 is 2.57 bits per heavy atom. The van der Waals surface area contributed by atoms with Gasteiger partial charge in [0.1, 0.15) is 28.4 Å². The van der Waals surface area contributed by atoms with Gasteiger partial charge < -0.3 is 25.0 Å². The lowest BCUT2D eigenvalue weighted by Crippen LogP contribution is -2.63. The summed E-state index contributed by atoms with van der Waals surface area (Å²) in [6, 6.07) is 13.2. The van der Waals surface area contributed by atoms with Crippen molar-refractivity contribution in [1.29, 1.82) is 0 Å². The minimum Gasteiger partial charge on any atom is -0.496 e. The molecule has 1 aromatic heterocycles. The monoisotopic (exact) mass is 473 g/mol. The minimum atomic E-state index is -0.696. The summed E-state index contributed by atoms with van der Waals surface area (Å²) >= 11 is 0. The van der Waals surface area contributed by atoms with Crippen LogP contribution in [0.15, 0.2) is 42.5 Å². The van der Waals surface area contributed by atoms with E-state index in [0.717, 1.165) is 16.6 Å². The Morgan fingerprint density at radius 2 is 1.89 bits per heavy atom. The average Bonchev–Trinajstić information content (AvgIpc) is 2.87. The topological polar surface area (TPSA) is 92.8 Å². The smallest absolute Gasteiger partial charge is 0.272 e. The van der Waals surface area contributed by atoms with Crippen LogP contribution in [0.4, 0.5) is 5.69 Å². The fourth-order valence-corrected chi connectivity index (χ4v) is 4.74. The molecular weight excluding hydrogens is 444 g/mol. The van der Waals surface area contributed by atoms with E-state index in [9.17, 15) is 9.59 Å². The molecular formula is C27H29N4O4. The van der Waals surface area contributed by atoms with Gasteiger partial charge in [-0.05, 0) is 35.7 Å². The van der Waals surface area contributed by atoms with Crippen LogP contribution >= 0.6 is 0 Å². The van der Waals surface area contributed by atoms with Gasteiger partial charge >= 0.3 is 0 Å². The van der Waals surface area contributed by atoms with Crippen LogP contribution in [0.25, 0.3) is 10.9 Å². The maximum absolute atomic E-state index is 13.4. The van der Waals surface area contributed by atoms with Crippen molar-refractivity contribution in [1.82, 2.24) is 15.2 Å². The summed E-state index contributed by atoms with van der Waals surface area (Å²) in [6.07, 6.45) is 2.48. The number of para-hydroxylation sites is 1. The van der Waals surface area contributed by atoms with E-state index < -0.39 is 5.66 Å². The molecule has 181 valence electrons. The molecule has 8 nitrogen and oxygen atoms in total. The van der Waals surface area contributed by atoms with E-state index in [1.807, 2.05) is 30.7 Å². The van der Waals surface area contributed by atoms with Gasteiger partial charge in [0.25, 0.3) is 11.8 Å². The van der Waals surface area contributed by atoms with E-state index in [2.05, 4.69) is 35.5 Å². The summed E-state index contributed by atoms with van der Waals surface area (Å²) in [4.78, 5) is 32.6. The third kappa shape index (κ3) is 4.03. The van der Waals surface area contributed by atoms with Crippen molar-refractivity contribution in [3.63, 3.8) is 0 Å². The van der Waals surface area contributed by atoms with Crippen LogP contribution in [-0.4, -0.2) is 54.7 Å². The number of rotatable bonds is 4. The summed E-state index contributed by atoms with van der Waals surface area (Å²) in [5.41, 5.74) is 2.75. The number of likely N-dealkylation sites (tertiary alicyclic amines) is 1. The lowest BCUT2D eigenvalue weighted by molar-refractivity contribution is 0.0699. The van der Waals surface area contributed by atoms with Crippen LogP contribution in [0.5, 0.6) is 11.5 Å². The molecule has 2 amide bonds. The number of nitrogens with one attached hydrogen (secondary N) is 2. The Kier molecular flexibility index (Phi) is 5.75. The van der Waals surface area contributed by atoms with Gasteiger partial charge in [-0.2, -0.15) is 0 Å². The number of piperidine rings is 1. The number of carbonyl (C=O) groups is 2. The molecule has 35 heavy (non-hydrogen) atoms. The third-order valence-electron chi connectivity index (χ3n) is 6.80. The first-order valence-corrected chi connectivity index (χ1v) is 11.7. The molecule has 2 aliphatic rings. The Hall–Kier alpha value is -3.81. The number of ether oxygens (including phenoxy) is 2. The first-order valence-electron chi connectivity index (χ1n) is 11.7. The lowest BCUT2D eigenvalue weighted by Gasteiger charge is -2.45. The number of pyridine rings is 1. The standard InChI is InChI=1S/C27H29N4O4/c1-16(2)17-8-9-20-19(14-17)25(32)30-27(29-20)10-12-31(13-11-27)26(33)21-15-23(35-4)18-6-5-7-22(34-3)24(18)28-21/h5-10,14-16,29H,11-13H2,1-4H3,(H,30,32). The second-order valence-corrected chi connectivity index (χ2v) is 9.28. The zero-order valence-electron chi connectivity index (χ0n) is 20.3. The van der Waals surface area contributed by atoms with Crippen molar-refractivity contribution >= 4 is 28.4 Å². The molecule has 2 aliphatic heterocycles. The normalized spacial score (nSPS) is 16.6. The maximum Gasteiger partial charge on any atom is 0.272 e. The molecule has 1 fully saturated rings. The molecule has 5 rings (SSSR count). The Balaban J connectivity index is 1.36. The SMILES string of the molecule is COc1cc(C(=O)N2C[CH]C3(CC2)NC(=O)c2cc(C(C)C)ccc2N3)nc2c(OC)cccc12. The Morgan fingerprint density at radius 1 is 1.09 bits per heavy atom. The van der Waals surface area contributed by atoms with E-state index >= 15 is 0 Å². The predicted molar refractivity (Wildman–Crippen MR) is 134 cm³/mol. The van der Waals surface area contributed by atoms with Crippen molar-refractivity contribution in [2.75, 3.05) is 32.6 Å². The first-order chi connectivity index (χ1) is 16.8. The maximum atomic E-state index is 13.4. The highest BCUT2D eigenvalue weighted by Crippen LogP contribution is 2.34. The summed E-state index contributed by atoms with van der Waals surface area (Å²) in [5, 5.41) is 7.38. The van der Waals surface area contributed by atoms with Gasteiger partial charge in [-0.25, -0.2) is 4.98 Å².